The first-order valence-electron chi connectivity index (χ1n) is 12.5. The summed E-state index contributed by atoms with van der Waals surface area (Å²) in [7, 11) is 1.49. The Hall–Kier alpha value is -4.35. The third-order valence-electron chi connectivity index (χ3n) is 5.81. The topological polar surface area (TPSA) is 157 Å². The minimum Gasteiger partial charge on any atom is -0.496 e. The number of aryl methyl sites for hydroxylation is 3. The van der Waals surface area contributed by atoms with E-state index >= 15 is 0 Å². The first-order valence-corrected chi connectivity index (χ1v) is 13.3. The number of thiophene rings is 1. The van der Waals surface area contributed by atoms with E-state index in [1.165, 1.54) is 58.4 Å². The van der Waals surface area contributed by atoms with Gasteiger partial charge in [0, 0.05) is 18.7 Å². The summed E-state index contributed by atoms with van der Waals surface area (Å²) in [4.78, 5) is 41.1. The highest BCUT2D eigenvalue weighted by Crippen LogP contribution is 2.30. The number of rotatable bonds is 10. The van der Waals surface area contributed by atoms with Crippen LogP contribution >= 0.6 is 11.3 Å². The van der Waals surface area contributed by atoms with Crippen LogP contribution < -0.4 is 21.3 Å². The van der Waals surface area contributed by atoms with Crippen molar-refractivity contribution >= 4 is 27.5 Å². The zero-order valence-electron chi connectivity index (χ0n) is 22.4. The number of aromatic nitrogens is 5. The van der Waals surface area contributed by atoms with Gasteiger partial charge in [-0.05, 0) is 43.5 Å². The smallest absolute Gasteiger partial charge is 0.332 e. The van der Waals surface area contributed by atoms with Crippen molar-refractivity contribution in [3.63, 3.8) is 0 Å². The summed E-state index contributed by atoms with van der Waals surface area (Å²) in [6, 6.07) is 5.95. The summed E-state index contributed by atoms with van der Waals surface area (Å²) in [6.07, 6.45) is 4.28. The minimum absolute atomic E-state index is 0.0174. The highest BCUT2D eigenvalue weighted by atomic mass is 32.1. The lowest BCUT2D eigenvalue weighted by Crippen LogP contribution is -2.44. The number of halogens is 1. The van der Waals surface area contributed by atoms with Crippen LogP contribution in [0.4, 0.5) is 4.39 Å². The number of carbonyl (C=O) groups is 1. The maximum atomic E-state index is 13.9. The average Bonchev–Trinajstić information content (AvgIpc) is 3.59. The molecule has 40 heavy (non-hydrogen) atoms. The molecule has 4 aromatic rings. The number of benzene rings is 1. The third kappa shape index (κ3) is 6.80. The van der Waals surface area contributed by atoms with E-state index in [0.717, 1.165) is 11.0 Å². The van der Waals surface area contributed by atoms with E-state index in [4.69, 9.17) is 15.1 Å². The third-order valence-corrected chi connectivity index (χ3v) is 7.09. The van der Waals surface area contributed by atoms with E-state index in [1.807, 2.05) is 6.92 Å². The highest BCUT2D eigenvalue weighted by molar-refractivity contribution is 7.21. The predicted molar refractivity (Wildman–Crippen MR) is 147 cm³/mol. The summed E-state index contributed by atoms with van der Waals surface area (Å²) >= 11 is 1.21. The van der Waals surface area contributed by atoms with Crippen molar-refractivity contribution in [2.24, 2.45) is 0 Å². The highest BCUT2D eigenvalue weighted by Gasteiger charge is 2.22. The number of ether oxygens (including phenoxy) is 1. The van der Waals surface area contributed by atoms with Crippen LogP contribution in [0.2, 0.25) is 0 Å². The molecule has 0 aliphatic rings. The zero-order valence-corrected chi connectivity index (χ0v) is 23.2. The van der Waals surface area contributed by atoms with Crippen molar-refractivity contribution in [1.29, 1.82) is 5.26 Å². The summed E-state index contributed by atoms with van der Waals surface area (Å²) < 4.78 is 21.6. The number of nitrogens with one attached hydrogen (secondary N) is 1. The SMILES string of the molecule is CCCNC(=O)Cn1c(=O)c2c(C)c(-n3nccn3)sc2n(CCc2cc(F)ccc2OC)c1=O.N#CCCO. The van der Waals surface area contributed by atoms with Gasteiger partial charge in [0.2, 0.25) is 5.91 Å². The second-order valence-electron chi connectivity index (χ2n) is 8.54. The normalized spacial score (nSPS) is 10.6. The molecule has 0 fully saturated rings. The van der Waals surface area contributed by atoms with E-state index in [2.05, 4.69) is 15.5 Å². The molecular formula is C26H30FN7O5S. The number of nitrogens with zero attached hydrogens (tertiary/aromatic N) is 6. The van der Waals surface area contributed by atoms with Crippen molar-refractivity contribution in [3.05, 3.63) is 68.4 Å². The first-order chi connectivity index (χ1) is 19.3. The Balaban J connectivity index is 0.000000810. The fourth-order valence-electron chi connectivity index (χ4n) is 3.92. The van der Waals surface area contributed by atoms with E-state index in [0.29, 0.717) is 38.6 Å². The Morgan fingerprint density at radius 3 is 2.58 bits per heavy atom. The predicted octanol–water partition coefficient (Wildman–Crippen LogP) is 1.92. The number of methoxy groups -OCH3 is 1. The molecule has 3 aromatic heterocycles. The van der Waals surface area contributed by atoms with Crippen molar-refractivity contribution in [1.82, 2.24) is 29.4 Å². The molecule has 12 nitrogen and oxygen atoms in total. The minimum atomic E-state index is -0.620. The largest absolute Gasteiger partial charge is 0.496 e. The number of aliphatic hydroxyl groups excluding tert-OH is 1. The molecule has 0 bridgehead atoms. The van der Waals surface area contributed by atoms with Crippen molar-refractivity contribution in [2.75, 3.05) is 20.3 Å². The molecule has 0 aliphatic carbocycles. The Bertz CT molecular complexity index is 1620. The zero-order chi connectivity index (χ0) is 29.2. The standard InChI is InChI=1S/C23H25FN6O4S.C3H5NO/c1-4-8-25-18(31)13-29-20(32)19-14(2)21(30-26-9-10-27-30)35-22(19)28(23(29)33)11-7-15-12-16(24)5-6-17(15)34-3;4-2-1-3-5/h5-6,9-10,12H,4,7-8,11,13H2,1-3H3,(H,25,31);5H,1,3H2. The van der Waals surface area contributed by atoms with Gasteiger partial charge in [-0.1, -0.05) is 18.3 Å². The Kier molecular flexibility index (Phi) is 10.7. The number of nitriles is 1. The van der Waals surface area contributed by atoms with Gasteiger partial charge in [-0.25, -0.2) is 9.18 Å². The molecule has 212 valence electrons. The molecule has 1 amide bonds. The number of carbonyl (C=O) groups excluding carboxylic acids is 1. The van der Waals surface area contributed by atoms with Crippen LogP contribution in [0, 0.1) is 24.1 Å². The van der Waals surface area contributed by atoms with Crippen molar-refractivity contribution in [3.8, 4) is 16.8 Å². The van der Waals surface area contributed by atoms with Crippen LogP contribution in [0.25, 0.3) is 15.2 Å². The van der Waals surface area contributed by atoms with Gasteiger partial charge < -0.3 is 15.2 Å². The number of hydrogen-bond acceptors (Lipinski definition) is 9. The molecule has 0 saturated heterocycles. The summed E-state index contributed by atoms with van der Waals surface area (Å²) in [6.45, 7) is 3.82. The lowest BCUT2D eigenvalue weighted by molar-refractivity contribution is -0.121. The van der Waals surface area contributed by atoms with Crippen LogP contribution in [-0.4, -0.2) is 55.4 Å². The fourth-order valence-corrected chi connectivity index (χ4v) is 5.16. The van der Waals surface area contributed by atoms with Gasteiger partial charge >= 0.3 is 5.69 Å². The van der Waals surface area contributed by atoms with E-state index < -0.39 is 29.5 Å². The first kappa shape index (κ1) is 30.2. The molecule has 0 unspecified atom stereocenters. The second-order valence-corrected chi connectivity index (χ2v) is 9.52. The summed E-state index contributed by atoms with van der Waals surface area (Å²) in [5.74, 6) is -0.354. The van der Waals surface area contributed by atoms with Crippen molar-refractivity contribution in [2.45, 2.75) is 46.2 Å². The van der Waals surface area contributed by atoms with Crippen LogP contribution in [0.15, 0.2) is 40.2 Å². The van der Waals surface area contributed by atoms with Gasteiger partial charge in [0.1, 0.15) is 27.9 Å². The quantitative estimate of drug-likeness (QED) is 0.292. The van der Waals surface area contributed by atoms with Crippen LogP contribution in [0.5, 0.6) is 5.75 Å². The maximum absolute atomic E-state index is 13.9. The molecule has 14 heteroatoms. The van der Waals surface area contributed by atoms with E-state index in [1.54, 1.807) is 13.0 Å². The molecule has 3 heterocycles. The molecule has 2 N–H and O–H groups in total. The van der Waals surface area contributed by atoms with Gasteiger partial charge in [-0.3, -0.25) is 18.7 Å². The molecule has 0 radical (unpaired) electrons. The molecular weight excluding hydrogens is 541 g/mol. The van der Waals surface area contributed by atoms with E-state index in [9.17, 15) is 18.8 Å². The second kappa shape index (κ2) is 14.2. The molecule has 0 atom stereocenters. The molecule has 4 rings (SSSR count). The molecule has 0 spiro atoms. The Morgan fingerprint density at radius 1 is 1.25 bits per heavy atom. The summed E-state index contributed by atoms with van der Waals surface area (Å²) in [5.41, 5.74) is 0.00775. The lowest BCUT2D eigenvalue weighted by atomic mass is 10.1. The fraction of sp³-hybridized carbons (Fsp3) is 0.385. The van der Waals surface area contributed by atoms with Gasteiger partial charge in [-0.15, -0.1) is 4.80 Å². The van der Waals surface area contributed by atoms with Gasteiger partial charge in [0.25, 0.3) is 5.56 Å². The number of hydrogen-bond donors (Lipinski definition) is 2. The molecule has 0 saturated carbocycles. The number of amides is 1. The number of fused-ring (bicyclic) bond motifs is 1. The van der Waals surface area contributed by atoms with Crippen LogP contribution in [0.3, 0.4) is 0 Å². The lowest BCUT2D eigenvalue weighted by Gasteiger charge is -2.13. The maximum Gasteiger partial charge on any atom is 0.332 e. The monoisotopic (exact) mass is 571 g/mol. The Morgan fingerprint density at radius 2 is 1.98 bits per heavy atom. The average molecular weight is 572 g/mol. The molecule has 1 aromatic carbocycles. The van der Waals surface area contributed by atoms with Gasteiger partial charge in [0.05, 0.1) is 44.0 Å². The molecule has 0 aliphatic heterocycles. The van der Waals surface area contributed by atoms with Crippen LogP contribution in [0.1, 0.15) is 30.9 Å². The Labute approximate surface area is 232 Å². The van der Waals surface area contributed by atoms with Gasteiger partial charge in [-0.2, -0.15) is 15.5 Å². The number of aliphatic hydroxyl groups is 1. The summed E-state index contributed by atoms with van der Waals surface area (Å²) in [5, 5.41) is 27.4. The van der Waals surface area contributed by atoms with Gasteiger partial charge in [0.15, 0.2) is 0 Å². The van der Waals surface area contributed by atoms with Crippen LogP contribution in [-0.2, 0) is 24.3 Å². The van der Waals surface area contributed by atoms with E-state index in [-0.39, 0.29) is 26.0 Å². The van der Waals surface area contributed by atoms with Crippen molar-refractivity contribution < 1.29 is 19.0 Å².